The fourth-order valence-corrected chi connectivity index (χ4v) is 6.65. The molecule has 2 amide bonds. The molecule has 0 radical (unpaired) electrons. The monoisotopic (exact) mass is 709 g/mol. The second-order valence-corrected chi connectivity index (χ2v) is 14.1. The highest BCUT2D eigenvalue weighted by Gasteiger charge is 2.34. The van der Waals surface area contributed by atoms with Gasteiger partial charge >= 0.3 is 0 Å². The average molecular weight is 711 g/mol. The summed E-state index contributed by atoms with van der Waals surface area (Å²) in [6.45, 7) is 5.82. The summed E-state index contributed by atoms with van der Waals surface area (Å²) in [6.07, 6.45) is 0.983. The maximum absolute atomic E-state index is 14.5. The first-order valence-electron chi connectivity index (χ1n) is 14.7. The van der Waals surface area contributed by atoms with Crippen LogP contribution in [0.4, 0.5) is 5.69 Å². The third-order valence-corrected chi connectivity index (χ3v) is 10.1. The topological polar surface area (TPSA) is 86.8 Å². The number of nitrogens with one attached hydrogen (secondary N) is 1. The van der Waals surface area contributed by atoms with E-state index in [1.807, 2.05) is 81.4 Å². The molecule has 0 fully saturated rings. The lowest BCUT2D eigenvalue weighted by atomic mass is 10.0. The molecule has 0 saturated heterocycles. The first kappa shape index (κ1) is 34.2. The number of anilines is 1. The van der Waals surface area contributed by atoms with E-state index in [9.17, 15) is 18.0 Å². The van der Waals surface area contributed by atoms with Crippen molar-refractivity contribution in [3.05, 3.63) is 129 Å². The number of nitrogens with zero attached hydrogens (tertiary/aromatic N) is 2. The molecular weight excluding hydrogens is 674 g/mol. The van der Waals surface area contributed by atoms with Crippen LogP contribution >= 0.6 is 27.5 Å². The molecule has 4 aromatic carbocycles. The van der Waals surface area contributed by atoms with E-state index in [2.05, 4.69) is 21.2 Å². The van der Waals surface area contributed by atoms with Gasteiger partial charge in [0.1, 0.15) is 12.6 Å². The van der Waals surface area contributed by atoms with Crippen molar-refractivity contribution in [1.82, 2.24) is 10.2 Å². The molecule has 0 bridgehead atoms. The van der Waals surface area contributed by atoms with Gasteiger partial charge < -0.3 is 10.2 Å². The van der Waals surface area contributed by atoms with Crippen LogP contribution in [0.5, 0.6) is 0 Å². The summed E-state index contributed by atoms with van der Waals surface area (Å²) in [5.41, 5.74) is 3.89. The van der Waals surface area contributed by atoms with E-state index in [4.69, 9.17) is 11.6 Å². The molecule has 45 heavy (non-hydrogen) atoms. The molecule has 0 aliphatic heterocycles. The highest BCUT2D eigenvalue weighted by atomic mass is 79.9. The van der Waals surface area contributed by atoms with Gasteiger partial charge in [0.25, 0.3) is 10.0 Å². The largest absolute Gasteiger partial charge is 0.354 e. The molecule has 4 aromatic rings. The number of benzene rings is 4. The van der Waals surface area contributed by atoms with Crippen LogP contribution < -0.4 is 9.62 Å². The van der Waals surface area contributed by atoms with Crippen LogP contribution in [-0.4, -0.2) is 44.3 Å². The number of carbonyl (C=O) groups is 2. The molecule has 0 aliphatic carbocycles. The van der Waals surface area contributed by atoms with Crippen LogP contribution in [-0.2, 0) is 32.6 Å². The number of sulfonamides is 1. The second kappa shape index (κ2) is 15.6. The number of hydrogen-bond acceptors (Lipinski definition) is 4. The smallest absolute Gasteiger partial charge is 0.264 e. The highest BCUT2D eigenvalue weighted by Crippen LogP contribution is 2.28. The van der Waals surface area contributed by atoms with Crippen LogP contribution in [0.2, 0.25) is 5.02 Å². The van der Waals surface area contributed by atoms with Crippen LogP contribution in [0.3, 0.4) is 0 Å². The Bertz CT molecular complexity index is 1720. The van der Waals surface area contributed by atoms with Crippen molar-refractivity contribution in [2.45, 2.75) is 51.1 Å². The molecular formula is C35H37BrClN3O4S. The van der Waals surface area contributed by atoms with Crippen molar-refractivity contribution in [3.8, 4) is 0 Å². The molecule has 10 heteroatoms. The predicted octanol–water partition coefficient (Wildman–Crippen LogP) is 7.08. The molecule has 0 aromatic heterocycles. The molecule has 0 saturated carbocycles. The van der Waals surface area contributed by atoms with Gasteiger partial charge in [0.2, 0.25) is 11.8 Å². The van der Waals surface area contributed by atoms with E-state index >= 15 is 0 Å². The number of hydrogen-bond donors (Lipinski definition) is 1. The predicted molar refractivity (Wildman–Crippen MR) is 184 cm³/mol. The molecule has 1 N–H and O–H groups in total. The fourth-order valence-electron chi connectivity index (χ4n) is 4.85. The minimum absolute atomic E-state index is 0.00101. The minimum Gasteiger partial charge on any atom is -0.354 e. The molecule has 1 atom stereocenters. The SMILES string of the molecule is CCCNC(=O)C(Cc1ccccc1)N(Cc1ccc(Br)cc1)C(=O)CN(c1ccc(C)c(C)c1)S(=O)(=O)c1ccc(Cl)cc1. The summed E-state index contributed by atoms with van der Waals surface area (Å²) in [5.74, 6) is -0.814. The van der Waals surface area contributed by atoms with Crippen molar-refractivity contribution in [3.63, 3.8) is 0 Å². The Hall–Kier alpha value is -3.66. The van der Waals surface area contributed by atoms with Gasteiger partial charge in [-0.3, -0.25) is 13.9 Å². The summed E-state index contributed by atoms with van der Waals surface area (Å²) in [7, 11) is -4.21. The Morgan fingerprint density at radius 2 is 1.53 bits per heavy atom. The van der Waals surface area contributed by atoms with Crippen molar-refractivity contribution < 1.29 is 18.0 Å². The van der Waals surface area contributed by atoms with E-state index < -0.39 is 28.5 Å². The lowest BCUT2D eigenvalue weighted by Gasteiger charge is -2.34. The normalized spacial score (nSPS) is 11.9. The Labute approximate surface area is 279 Å². The summed E-state index contributed by atoms with van der Waals surface area (Å²) in [4.78, 5) is 29.7. The lowest BCUT2D eigenvalue weighted by Crippen LogP contribution is -2.53. The maximum atomic E-state index is 14.5. The van der Waals surface area contributed by atoms with Gasteiger partial charge in [-0.1, -0.05) is 83.0 Å². The number of aryl methyl sites for hydroxylation is 2. The third-order valence-electron chi connectivity index (χ3n) is 7.55. The molecule has 236 valence electrons. The maximum Gasteiger partial charge on any atom is 0.264 e. The Balaban J connectivity index is 1.81. The van der Waals surface area contributed by atoms with E-state index in [0.717, 1.165) is 37.5 Å². The molecule has 4 rings (SSSR count). The van der Waals surface area contributed by atoms with Gasteiger partial charge in [-0.15, -0.1) is 0 Å². The van der Waals surface area contributed by atoms with E-state index in [1.165, 1.54) is 29.2 Å². The van der Waals surface area contributed by atoms with Gasteiger partial charge in [-0.05, 0) is 91.1 Å². The van der Waals surface area contributed by atoms with Gasteiger partial charge in [0, 0.05) is 29.0 Å². The Kier molecular flexibility index (Phi) is 11.8. The summed E-state index contributed by atoms with van der Waals surface area (Å²) in [5, 5.41) is 3.35. The number of amides is 2. The molecule has 0 aliphatic rings. The van der Waals surface area contributed by atoms with Crippen molar-refractivity contribution in [2.24, 2.45) is 0 Å². The highest BCUT2D eigenvalue weighted by molar-refractivity contribution is 9.10. The zero-order valence-corrected chi connectivity index (χ0v) is 28.7. The van der Waals surface area contributed by atoms with E-state index in [0.29, 0.717) is 17.3 Å². The van der Waals surface area contributed by atoms with Gasteiger partial charge in [-0.2, -0.15) is 0 Å². The zero-order valence-electron chi connectivity index (χ0n) is 25.5. The zero-order chi connectivity index (χ0) is 32.6. The quantitative estimate of drug-likeness (QED) is 0.161. The van der Waals surface area contributed by atoms with Crippen LogP contribution in [0.25, 0.3) is 0 Å². The second-order valence-electron chi connectivity index (χ2n) is 10.9. The first-order valence-corrected chi connectivity index (χ1v) is 17.3. The van der Waals surface area contributed by atoms with E-state index in [-0.39, 0.29) is 23.8 Å². The van der Waals surface area contributed by atoms with Crippen LogP contribution in [0, 0.1) is 13.8 Å². The van der Waals surface area contributed by atoms with Crippen molar-refractivity contribution >= 4 is 55.1 Å². The summed E-state index contributed by atoms with van der Waals surface area (Å²) in [6, 6.07) is 27.2. The third kappa shape index (κ3) is 8.96. The van der Waals surface area contributed by atoms with Crippen LogP contribution in [0.15, 0.2) is 106 Å². The van der Waals surface area contributed by atoms with Crippen molar-refractivity contribution in [1.29, 1.82) is 0 Å². The molecule has 1 unspecified atom stereocenters. The Morgan fingerprint density at radius 1 is 0.867 bits per heavy atom. The van der Waals surface area contributed by atoms with E-state index in [1.54, 1.807) is 12.1 Å². The standard InChI is InChI=1S/C35H37BrClN3O4S/c1-4-20-38-35(42)33(22-27-8-6-5-7-9-27)39(23-28-11-13-29(36)14-12-28)34(41)24-40(31-17-10-25(2)26(3)21-31)45(43,44)32-18-15-30(37)16-19-32/h5-19,21,33H,4,20,22-24H2,1-3H3,(H,38,42). The lowest BCUT2D eigenvalue weighted by molar-refractivity contribution is -0.140. The molecule has 0 spiro atoms. The number of rotatable bonds is 13. The average Bonchev–Trinajstić information content (AvgIpc) is 3.03. The van der Waals surface area contributed by atoms with Gasteiger partial charge in [0.15, 0.2) is 0 Å². The van der Waals surface area contributed by atoms with Crippen molar-refractivity contribution in [2.75, 3.05) is 17.4 Å². The number of carbonyl (C=O) groups excluding carboxylic acids is 2. The molecule has 0 heterocycles. The van der Waals surface area contributed by atoms with Crippen LogP contribution in [0.1, 0.15) is 35.6 Å². The summed E-state index contributed by atoms with van der Waals surface area (Å²) < 4.78 is 30.3. The summed E-state index contributed by atoms with van der Waals surface area (Å²) >= 11 is 9.52. The van der Waals surface area contributed by atoms with Gasteiger partial charge in [0.05, 0.1) is 10.6 Å². The minimum atomic E-state index is -4.21. The Morgan fingerprint density at radius 3 is 2.16 bits per heavy atom. The van der Waals surface area contributed by atoms with Gasteiger partial charge in [-0.25, -0.2) is 8.42 Å². The fraction of sp³-hybridized carbons (Fsp3) is 0.257. The number of halogens is 2. The first-order chi connectivity index (χ1) is 21.5. The molecule has 7 nitrogen and oxygen atoms in total.